The molecular formula is C23H18FN3O3S. The molecule has 0 aliphatic heterocycles. The SMILES string of the molecule is CC(=O)N(c1nc(COC(=O)c2ccc(-n3cccc3)cc2)cs1)c1ccccc1F. The number of esters is 1. The number of carbonyl (C=O) groups excluding carboxylic acids is 2. The third-order valence-corrected chi connectivity index (χ3v) is 5.37. The van der Waals surface area contributed by atoms with Gasteiger partial charge in [0.25, 0.3) is 0 Å². The Labute approximate surface area is 182 Å². The van der Waals surface area contributed by atoms with Gasteiger partial charge >= 0.3 is 5.97 Å². The third kappa shape index (κ3) is 4.54. The molecule has 0 atom stereocenters. The molecule has 0 aliphatic carbocycles. The van der Waals surface area contributed by atoms with Gasteiger partial charge in [0.15, 0.2) is 5.13 Å². The summed E-state index contributed by atoms with van der Waals surface area (Å²) in [5.41, 5.74) is 1.95. The van der Waals surface area contributed by atoms with E-state index in [0.29, 0.717) is 16.4 Å². The second kappa shape index (κ2) is 8.93. The van der Waals surface area contributed by atoms with E-state index in [2.05, 4.69) is 4.98 Å². The van der Waals surface area contributed by atoms with E-state index in [0.717, 1.165) is 5.69 Å². The van der Waals surface area contributed by atoms with Crippen LogP contribution in [-0.4, -0.2) is 21.4 Å². The van der Waals surface area contributed by atoms with Crippen molar-refractivity contribution < 1.29 is 18.7 Å². The lowest BCUT2D eigenvalue weighted by Gasteiger charge is -2.18. The molecule has 0 bridgehead atoms. The Morgan fingerprint density at radius 2 is 1.77 bits per heavy atom. The zero-order valence-electron chi connectivity index (χ0n) is 16.6. The Balaban J connectivity index is 1.43. The molecule has 4 aromatic rings. The van der Waals surface area contributed by atoms with Gasteiger partial charge in [-0.05, 0) is 48.5 Å². The molecular weight excluding hydrogens is 417 g/mol. The number of carbonyl (C=O) groups is 2. The number of hydrogen-bond acceptors (Lipinski definition) is 5. The Hall–Kier alpha value is -3.78. The molecule has 156 valence electrons. The number of anilines is 2. The number of nitrogens with zero attached hydrogens (tertiary/aromatic N) is 3. The van der Waals surface area contributed by atoms with Crippen LogP contribution < -0.4 is 4.90 Å². The third-order valence-electron chi connectivity index (χ3n) is 4.50. The van der Waals surface area contributed by atoms with Gasteiger partial charge < -0.3 is 9.30 Å². The number of ether oxygens (including phenoxy) is 1. The van der Waals surface area contributed by atoms with Crippen LogP contribution in [0.5, 0.6) is 0 Å². The fourth-order valence-corrected chi connectivity index (χ4v) is 3.87. The van der Waals surface area contributed by atoms with Crippen molar-refractivity contribution in [1.82, 2.24) is 9.55 Å². The van der Waals surface area contributed by atoms with Crippen LogP contribution in [-0.2, 0) is 16.1 Å². The van der Waals surface area contributed by atoms with Crippen molar-refractivity contribution in [2.24, 2.45) is 0 Å². The lowest BCUT2D eigenvalue weighted by Crippen LogP contribution is -2.23. The zero-order chi connectivity index (χ0) is 21.8. The molecule has 31 heavy (non-hydrogen) atoms. The first-order chi connectivity index (χ1) is 15.0. The van der Waals surface area contributed by atoms with Gasteiger partial charge in [0.2, 0.25) is 5.91 Å². The van der Waals surface area contributed by atoms with Crippen molar-refractivity contribution in [3.8, 4) is 5.69 Å². The van der Waals surface area contributed by atoms with Gasteiger partial charge in [-0.3, -0.25) is 9.69 Å². The molecule has 0 fully saturated rings. The number of benzene rings is 2. The van der Waals surface area contributed by atoms with Crippen LogP contribution in [0.2, 0.25) is 0 Å². The van der Waals surface area contributed by atoms with Gasteiger partial charge in [0.05, 0.1) is 16.9 Å². The van der Waals surface area contributed by atoms with Gasteiger partial charge in [-0.25, -0.2) is 14.2 Å². The molecule has 0 aliphatic rings. The van der Waals surface area contributed by atoms with Crippen molar-refractivity contribution in [3.05, 3.63) is 95.5 Å². The summed E-state index contributed by atoms with van der Waals surface area (Å²) >= 11 is 1.17. The Morgan fingerprint density at radius 3 is 2.45 bits per heavy atom. The summed E-state index contributed by atoms with van der Waals surface area (Å²) in [6.07, 6.45) is 3.83. The highest BCUT2D eigenvalue weighted by Gasteiger charge is 2.21. The Morgan fingerprint density at radius 1 is 1.06 bits per heavy atom. The first-order valence-corrected chi connectivity index (χ1v) is 10.3. The minimum absolute atomic E-state index is 0.0578. The average molecular weight is 435 g/mol. The predicted molar refractivity (Wildman–Crippen MR) is 116 cm³/mol. The molecule has 0 saturated carbocycles. The van der Waals surface area contributed by atoms with Gasteiger partial charge in [0.1, 0.15) is 12.4 Å². The number of aromatic nitrogens is 2. The summed E-state index contributed by atoms with van der Waals surface area (Å²) < 4.78 is 21.4. The summed E-state index contributed by atoms with van der Waals surface area (Å²) in [7, 11) is 0. The van der Waals surface area contributed by atoms with Crippen molar-refractivity contribution in [1.29, 1.82) is 0 Å². The molecule has 1 amide bonds. The minimum atomic E-state index is -0.524. The van der Waals surface area contributed by atoms with Crippen molar-refractivity contribution in [2.75, 3.05) is 4.90 Å². The standard InChI is InChI=1S/C23H18FN3O3S/c1-16(28)27(21-7-3-2-6-20(21)24)23-25-18(15-31-23)14-30-22(29)17-8-10-19(11-9-17)26-12-4-5-13-26/h2-13,15H,14H2,1H3. The molecule has 0 spiro atoms. The van der Waals surface area contributed by atoms with Crippen LogP contribution in [0.25, 0.3) is 5.69 Å². The maximum absolute atomic E-state index is 14.2. The molecule has 0 unspecified atom stereocenters. The lowest BCUT2D eigenvalue weighted by atomic mass is 10.2. The highest BCUT2D eigenvalue weighted by atomic mass is 32.1. The van der Waals surface area contributed by atoms with E-state index in [1.54, 1.807) is 29.6 Å². The molecule has 0 N–H and O–H groups in total. The zero-order valence-corrected chi connectivity index (χ0v) is 17.4. The van der Waals surface area contributed by atoms with Crippen molar-refractivity contribution in [2.45, 2.75) is 13.5 Å². The monoisotopic (exact) mass is 435 g/mol. The van der Waals surface area contributed by atoms with E-state index in [9.17, 15) is 14.0 Å². The highest BCUT2D eigenvalue weighted by Crippen LogP contribution is 2.30. The Bertz CT molecular complexity index is 1200. The normalized spacial score (nSPS) is 10.6. The number of halogens is 1. The number of rotatable bonds is 6. The summed E-state index contributed by atoms with van der Waals surface area (Å²) in [4.78, 5) is 30.0. The van der Waals surface area contributed by atoms with E-state index < -0.39 is 11.8 Å². The smallest absolute Gasteiger partial charge is 0.338 e. The molecule has 2 aromatic carbocycles. The molecule has 0 saturated heterocycles. The fourth-order valence-electron chi connectivity index (χ4n) is 3.00. The summed E-state index contributed by atoms with van der Waals surface area (Å²) in [5.74, 6) is -1.37. The maximum Gasteiger partial charge on any atom is 0.338 e. The highest BCUT2D eigenvalue weighted by molar-refractivity contribution is 7.14. The first kappa shape index (κ1) is 20.5. The van der Waals surface area contributed by atoms with Gasteiger partial charge in [-0.15, -0.1) is 11.3 Å². The molecule has 2 heterocycles. The number of amides is 1. The fraction of sp³-hybridized carbons (Fsp3) is 0.0870. The average Bonchev–Trinajstić information content (AvgIpc) is 3.46. The van der Waals surface area contributed by atoms with E-state index in [1.165, 1.54) is 35.3 Å². The van der Waals surface area contributed by atoms with Crippen molar-refractivity contribution in [3.63, 3.8) is 0 Å². The van der Waals surface area contributed by atoms with Crippen LogP contribution in [0, 0.1) is 5.82 Å². The number of hydrogen-bond donors (Lipinski definition) is 0. The minimum Gasteiger partial charge on any atom is -0.456 e. The van der Waals surface area contributed by atoms with Crippen LogP contribution in [0.4, 0.5) is 15.2 Å². The Kier molecular flexibility index (Phi) is 5.90. The van der Waals surface area contributed by atoms with E-state index >= 15 is 0 Å². The van der Waals surface area contributed by atoms with Gasteiger partial charge in [-0.1, -0.05) is 12.1 Å². The van der Waals surface area contributed by atoms with Crippen LogP contribution in [0.15, 0.2) is 78.4 Å². The van der Waals surface area contributed by atoms with Crippen LogP contribution in [0.3, 0.4) is 0 Å². The van der Waals surface area contributed by atoms with Crippen molar-refractivity contribution >= 4 is 34.0 Å². The summed E-state index contributed by atoms with van der Waals surface area (Å²) in [6, 6.07) is 16.9. The van der Waals surface area contributed by atoms with Gasteiger partial charge in [0, 0.05) is 30.4 Å². The summed E-state index contributed by atoms with van der Waals surface area (Å²) in [5, 5.41) is 1.98. The van der Waals surface area contributed by atoms with Gasteiger partial charge in [-0.2, -0.15) is 0 Å². The quantitative estimate of drug-likeness (QED) is 0.395. The second-order valence-corrected chi connectivity index (χ2v) is 7.48. The maximum atomic E-state index is 14.2. The topological polar surface area (TPSA) is 64.4 Å². The molecule has 4 rings (SSSR count). The van der Waals surface area contributed by atoms with E-state index in [1.807, 2.05) is 41.2 Å². The van der Waals surface area contributed by atoms with E-state index in [-0.39, 0.29) is 18.2 Å². The number of para-hydroxylation sites is 1. The summed E-state index contributed by atoms with van der Waals surface area (Å²) in [6.45, 7) is 1.28. The molecule has 6 nitrogen and oxygen atoms in total. The molecule has 8 heteroatoms. The van der Waals surface area contributed by atoms with E-state index in [4.69, 9.17) is 4.74 Å². The first-order valence-electron chi connectivity index (χ1n) is 9.43. The largest absolute Gasteiger partial charge is 0.456 e. The second-order valence-electron chi connectivity index (χ2n) is 6.64. The molecule has 0 radical (unpaired) electrons. The lowest BCUT2D eigenvalue weighted by molar-refractivity contribution is -0.115. The predicted octanol–water partition coefficient (Wildman–Crippen LogP) is 5.11. The van der Waals surface area contributed by atoms with Crippen LogP contribution in [0.1, 0.15) is 23.0 Å². The van der Waals surface area contributed by atoms with Crippen LogP contribution >= 0.6 is 11.3 Å². The number of thiazole rings is 1. The molecule has 2 aromatic heterocycles.